The van der Waals surface area contributed by atoms with E-state index in [4.69, 9.17) is 5.26 Å². The fraction of sp³-hybridized carbons (Fsp3) is 0.526. The third-order valence-electron chi connectivity index (χ3n) is 4.50. The van der Waals surface area contributed by atoms with E-state index in [1.165, 1.54) is 31.2 Å². The highest BCUT2D eigenvalue weighted by molar-refractivity contribution is 5.33. The van der Waals surface area contributed by atoms with Crippen molar-refractivity contribution >= 4 is 0 Å². The van der Waals surface area contributed by atoms with Crippen molar-refractivity contribution in [1.82, 2.24) is 0 Å². The zero-order chi connectivity index (χ0) is 14.9. The molecule has 1 aliphatic rings. The summed E-state index contributed by atoms with van der Waals surface area (Å²) in [6.45, 7) is -0.208. The summed E-state index contributed by atoms with van der Waals surface area (Å²) in [5.74, 6) is 1.45. The van der Waals surface area contributed by atoms with Crippen molar-refractivity contribution in [2.75, 3.05) is 6.67 Å². The molecule has 1 fully saturated rings. The van der Waals surface area contributed by atoms with Crippen LogP contribution in [-0.2, 0) is 0 Å². The standard InChI is InChI=1S/C19H24FN/c20-14-4-2-1-3-5-16-6-10-18(11-7-16)19-12-8-17(15-21)9-13-19/h1,3,8-9,12-13,16,18H,2,4-7,10-11,14H2. The van der Waals surface area contributed by atoms with Gasteiger partial charge in [-0.2, -0.15) is 5.26 Å². The van der Waals surface area contributed by atoms with Crippen LogP contribution in [0.15, 0.2) is 36.4 Å². The largest absolute Gasteiger partial charge is 0.251 e. The van der Waals surface area contributed by atoms with Gasteiger partial charge in [-0.25, -0.2) is 0 Å². The maximum atomic E-state index is 12.0. The molecule has 0 radical (unpaired) electrons. The van der Waals surface area contributed by atoms with Crippen molar-refractivity contribution in [3.63, 3.8) is 0 Å². The second-order valence-corrected chi connectivity index (χ2v) is 5.99. The molecule has 2 heteroatoms. The van der Waals surface area contributed by atoms with Gasteiger partial charge in [0.15, 0.2) is 0 Å². The minimum atomic E-state index is -0.208. The molecule has 1 saturated carbocycles. The summed E-state index contributed by atoms with van der Waals surface area (Å²) >= 11 is 0. The van der Waals surface area contributed by atoms with E-state index in [9.17, 15) is 4.39 Å². The van der Waals surface area contributed by atoms with Gasteiger partial charge in [0.1, 0.15) is 0 Å². The van der Waals surface area contributed by atoms with Crippen LogP contribution in [0, 0.1) is 17.2 Å². The average Bonchev–Trinajstić information content (AvgIpc) is 2.55. The van der Waals surface area contributed by atoms with E-state index in [1.807, 2.05) is 12.1 Å². The van der Waals surface area contributed by atoms with Crippen LogP contribution in [0.25, 0.3) is 0 Å². The fourth-order valence-electron chi connectivity index (χ4n) is 3.16. The number of hydrogen-bond donors (Lipinski definition) is 0. The number of allylic oxidation sites excluding steroid dienone is 2. The van der Waals surface area contributed by atoms with Gasteiger partial charge in [-0.05, 0) is 74.5 Å². The minimum Gasteiger partial charge on any atom is -0.251 e. The molecule has 0 heterocycles. The van der Waals surface area contributed by atoms with Crippen LogP contribution in [0.3, 0.4) is 0 Å². The van der Waals surface area contributed by atoms with Gasteiger partial charge in [-0.1, -0.05) is 24.3 Å². The van der Waals surface area contributed by atoms with Crippen LogP contribution < -0.4 is 0 Å². The van der Waals surface area contributed by atoms with Gasteiger partial charge >= 0.3 is 0 Å². The lowest BCUT2D eigenvalue weighted by Crippen LogP contribution is -2.12. The lowest BCUT2D eigenvalue weighted by Gasteiger charge is -2.28. The SMILES string of the molecule is N#Cc1ccc(C2CCC(CC=CCCCF)CC2)cc1. The van der Waals surface area contributed by atoms with Crippen LogP contribution in [0.2, 0.25) is 0 Å². The maximum Gasteiger partial charge on any atom is 0.0991 e. The van der Waals surface area contributed by atoms with E-state index in [2.05, 4.69) is 30.4 Å². The Morgan fingerprint density at radius 3 is 2.43 bits per heavy atom. The van der Waals surface area contributed by atoms with Gasteiger partial charge in [0.25, 0.3) is 0 Å². The average molecular weight is 285 g/mol. The lowest BCUT2D eigenvalue weighted by atomic mass is 9.77. The van der Waals surface area contributed by atoms with E-state index in [0.717, 1.165) is 24.3 Å². The number of hydrogen-bond acceptors (Lipinski definition) is 1. The first-order chi connectivity index (χ1) is 10.3. The molecule has 0 spiro atoms. The third kappa shape index (κ3) is 5.01. The first kappa shape index (κ1) is 15.8. The summed E-state index contributed by atoms with van der Waals surface area (Å²) in [5, 5.41) is 8.83. The van der Waals surface area contributed by atoms with Crippen molar-refractivity contribution in [3.8, 4) is 6.07 Å². The Bertz CT molecular complexity index is 475. The molecule has 0 aliphatic heterocycles. The minimum absolute atomic E-state index is 0.208. The molecule has 2 rings (SSSR count). The molecule has 0 bridgehead atoms. The normalized spacial score (nSPS) is 22.3. The molecule has 0 unspecified atom stereocenters. The second kappa shape index (κ2) is 8.62. The zero-order valence-electron chi connectivity index (χ0n) is 12.6. The van der Waals surface area contributed by atoms with Crippen LogP contribution in [0.4, 0.5) is 4.39 Å². The third-order valence-corrected chi connectivity index (χ3v) is 4.50. The summed E-state index contributed by atoms with van der Waals surface area (Å²) in [7, 11) is 0. The number of benzene rings is 1. The number of alkyl halides is 1. The predicted octanol–water partition coefficient (Wildman–Crippen LogP) is 5.53. The van der Waals surface area contributed by atoms with Gasteiger partial charge in [0.05, 0.1) is 18.3 Å². The smallest absolute Gasteiger partial charge is 0.0991 e. The van der Waals surface area contributed by atoms with Crippen molar-refractivity contribution in [1.29, 1.82) is 5.26 Å². The molecule has 1 aliphatic carbocycles. The Morgan fingerprint density at radius 2 is 1.81 bits per heavy atom. The van der Waals surface area contributed by atoms with Crippen molar-refractivity contribution in [3.05, 3.63) is 47.5 Å². The van der Waals surface area contributed by atoms with Crippen molar-refractivity contribution in [2.24, 2.45) is 5.92 Å². The number of nitrogens with zero attached hydrogens (tertiary/aromatic N) is 1. The highest BCUT2D eigenvalue weighted by Crippen LogP contribution is 2.37. The molecule has 0 N–H and O–H groups in total. The Labute approximate surface area is 127 Å². The quantitative estimate of drug-likeness (QED) is 0.498. The van der Waals surface area contributed by atoms with Gasteiger partial charge < -0.3 is 0 Å². The maximum absolute atomic E-state index is 12.0. The van der Waals surface area contributed by atoms with Crippen LogP contribution in [0.1, 0.15) is 62.0 Å². The van der Waals surface area contributed by atoms with Crippen molar-refractivity contribution in [2.45, 2.75) is 50.9 Å². The van der Waals surface area contributed by atoms with Crippen LogP contribution in [0.5, 0.6) is 0 Å². The monoisotopic (exact) mass is 285 g/mol. The molecule has 0 atom stereocenters. The molecular formula is C19H24FN. The Balaban J connectivity index is 1.75. The number of unbranched alkanes of at least 4 members (excludes halogenated alkanes) is 1. The Morgan fingerprint density at radius 1 is 1.10 bits per heavy atom. The van der Waals surface area contributed by atoms with Crippen molar-refractivity contribution < 1.29 is 4.39 Å². The highest BCUT2D eigenvalue weighted by atomic mass is 19.1. The zero-order valence-corrected chi connectivity index (χ0v) is 12.6. The Kier molecular flexibility index (Phi) is 6.47. The number of rotatable bonds is 6. The lowest BCUT2D eigenvalue weighted by molar-refractivity contribution is 0.328. The van der Waals surface area contributed by atoms with Crippen LogP contribution in [-0.4, -0.2) is 6.67 Å². The first-order valence-corrected chi connectivity index (χ1v) is 8.04. The highest BCUT2D eigenvalue weighted by Gasteiger charge is 2.21. The molecule has 1 aromatic rings. The summed E-state index contributed by atoms with van der Waals surface area (Å²) < 4.78 is 12.0. The molecule has 112 valence electrons. The molecule has 0 saturated heterocycles. The predicted molar refractivity (Wildman–Crippen MR) is 84.8 cm³/mol. The van der Waals surface area contributed by atoms with Crippen LogP contribution >= 0.6 is 0 Å². The first-order valence-electron chi connectivity index (χ1n) is 8.04. The van der Waals surface area contributed by atoms with E-state index >= 15 is 0 Å². The molecular weight excluding hydrogens is 261 g/mol. The van der Waals surface area contributed by atoms with E-state index in [1.54, 1.807) is 0 Å². The number of nitriles is 1. The molecule has 1 nitrogen and oxygen atoms in total. The number of halogens is 1. The van der Waals surface area contributed by atoms with Gasteiger partial charge in [0, 0.05) is 0 Å². The van der Waals surface area contributed by atoms with E-state index < -0.39 is 0 Å². The summed E-state index contributed by atoms with van der Waals surface area (Å²) in [5.41, 5.74) is 2.12. The van der Waals surface area contributed by atoms with E-state index in [-0.39, 0.29) is 6.67 Å². The van der Waals surface area contributed by atoms with E-state index in [0.29, 0.717) is 12.3 Å². The summed E-state index contributed by atoms with van der Waals surface area (Å²) in [6.07, 6.45) is 12.1. The van der Waals surface area contributed by atoms with Gasteiger partial charge in [-0.15, -0.1) is 0 Å². The second-order valence-electron chi connectivity index (χ2n) is 5.99. The Hall–Kier alpha value is -1.62. The van der Waals surface area contributed by atoms with Gasteiger partial charge in [-0.3, -0.25) is 4.39 Å². The molecule has 0 amide bonds. The van der Waals surface area contributed by atoms with Gasteiger partial charge in [0.2, 0.25) is 0 Å². The fourth-order valence-corrected chi connectivity index (χ4v) is 3.16. The molecule has 21 heavy (non-hydrogen) atoms. The molecule has 1 aromatic carbocycles. The molecule has 0 aromatic heterocycles. The summed E-state index contributed by atoms with van der Waals surface area (Å²) in [6, 6.07) is 10.2. The topological polar surface area (TPSA) is 23.8 Å². The summed E-state index contributed by atoms with van der Waals surface area (Å²) in [4.78, 5) is 0.